The molecule has 0 spiro atoms. The second-order valence-electron chi connectivity index (χ2n) is 7.13. The van der Waals surface area contributed by atoms with Crippen LogP contribution in [0.2, 0.25) is 5.02 Å². The largest absolute Gasteiger partial charge is 0.351 e. The first kappa shape index (κ1) is 20.4. The van der Waals surface area contributed by atoms with Crippen molar-refractivity contribution in [3.05, 3.63) is 70.2 Å². The SMILES string of the molecule is Cc1cccc(CN2CCN(C(=O)CCNC(=O)c3ccccc3Cl)CC2)c1. The molecule has 0 unspecified atom stereocenters. The highest BCUT2D eigenvalue weighted by atomic mass is 35.5. The zero-order valence-electron chi connectivity index (χ0n) is 16.2. The second-order valence-corrected chi connectivity index (χ2v) is 7.54. The number of nitrogens with one attached hydrogen (secondary N) is 1. The van der Waals surface area contributed by atoms with Gasteiger partial charge in [0.15, 0.2) is 0 Å². The molecule has 1 aliphatic heterocycles. The van der Waals surface area contributed by atoms with Gasteiger partial charge >= 0.3 is 0 Å². The fourth-order valence-electron chi connectivity index (χ4n) is 3.41. The summed E-state index contributed by atoms with van der Waals surface area (Å²) in [4.78, 5) is 28.8. The zero-order valence-corrected chi connectivity index (χ0v) is 16.9. The predicted octanol–water partition coefficient (Wildman–Crippen LogP) is 3.11. The Bertz CT molecular complexity index is 832. The quantitative estimate of drug-likeness (QED) is 0.812. The maximum Gasteiger partial charge on any atom is 0.252 e. The Morgan fingerprint density at radius 1 is 1.04 bits per heavy atom. The molecule has 1 N–H and O–H groups in total. The topological polar surface area (TPSA) is 52.6 Å². The molecule has 0 aromatic heterocycles. The average molecular weight is 400 g/mol. The molecule has 1 saturated heterocycles. The van der Waals surface area contributed by atoms with Gasteiger partial charge < -0.3 is 10.2 Å². The van der Waals surface area contributed by atoms with Gasteiger partial charge in [-0.15, -0.1) is 0 Å². The lowest BCUT2D eigenvalue weighted by atomic mass is 10.1. The van der Waals surface area contributed by atoms with Crippen LogP contribution >= 0.6 is 11.6 Å². The molecule has 28 heavy (non-hydrogen) atoms. The van der Waals surface area contributed by atoms with E-state index in [0.717, 1.165) is 32.7 Å². The number of benzene rings is 2. The molecular weight excluding hydrogens is 374 g/mol. The van der Waals surface area contributed by atoms with E-state index in [-0.39, 0.29) is 11.8 Å². The van der Waals surface area contributed by atoms with Crippen LogP contribution in [0.15, 0.2) is 48.5 Å². The van der Waals surface area contributed by atoms with Gasteiger partial charge in [0.1, 0.15) is 0 Å². The number of piperazine rings is 1. The lowest BCUT2D eigenvalue weighted by Gasteiger charge is -2.35. The van der Waals surface area contributed by atoms with Gasteiger partial charge in [-0.1, -0.05) is 53.6 Å². The highest BCUT2D eigenvalue weighted by molar-refractivity contribution is 6.33. The van der Waals surface area contributed by atoms with Gasteiger partial charge in [-0.2, -0.15) is 0 Å². The van der Waals surface area contributed by atoms with Crippen LogP contribution in [0.1, 0.15) is 27.9 Å². The fraction of sp³-hybridized carbons (Fsp3) is 0.364. The number of rotatable bonds is 6. The lowest BCUT2D eigenvalue weighted by Crippen LogP contribution is -2.48. The summed E-state index contributed by atoms with van der Waals surface area (Å²) < 4.78 is 0. The van der Waals surface area contributed by atoms with Crippen LogP contribution < -0.4 is 5.32 Å². The molecule has 1 aliphatic rings. The second kappa shape index (κ2) is 9.71. The number of carbonyl (C=O) groups excluding carboxylic acids is 2. The van der Waals surface area contributed by atoms with E-state index in [1.807, 2.05) is 4.90 Å². The van der Waals surface area contributed by atoms with E-state index in [1.54, 1.807) is 24.3 Å². The van der Waals surface area contributed by atoms with E-state index >= 15 is 0 Å². The van der Waals surface area contributed by atoms with Crippen LogP contribution in [0.3, 0.4) is 0 Å². The normalized spacial score (nSPS) is 14.7. The van der Waals surface area contributed by atoms with Gasteiger partial charge in [0, 0.05) is 45.7 Å². The van der Waals surface area contributed by atoms with Crippen molar-refractivity contribution in [2.75, 3.05) is 32.7 Å². The minimum Gasteiger partial charge on any atom is -0.351 e. The highest BCUT2D eigenvalue weighted by Gasteiger charge is 2.21. The third-order valence-corrected chi connectivity index (χ3v) is 5.29. The van der Waals surface area contributed by atoms with Crippen molar-refractivity contribution in [2.45, 2.75) is 19.9 Å². The Balaban J connectivity index is 1.39. The van der Waals surface area contributed by atoms with E-state index in [1.165, 1.54) is 11.1 Å². The van der Waals surface area contributed by atoms with Gasteiger partial charge in [-0.25, -0.2) is 0 Å². The average Bonchev–Trinajstić information content (AvgIpc) is 2.69. The Morgan fingerprint density at radius 3 is 2.50 bits per heavy atom. The van der Waals surface area contributed by atoms with E-state index in [4.69, 9.17) is 11.6 Å². The Morgan fingerprint density at radius 2 is 1.79 bits per heavy atom. The van der Waals surface area contributed by atoms with Crippen LogP contribution in [-0.2, 0) is 11.3 Å². The van der Waals surface area contributed by atoms with E-state index in [0.29, 0.717) is 23.6 Å². The molecule has 3 rings (SSSR count). The van der Waals surface area contributed by atoms with Crippen LogP contribution in [0, 0.1) is 6.92 Å². The summed E-state index contributed by atoms with van der Waals surface area (Å²) >= 11 is 6.02. The van der Waals surface area contributed by atoms with Crippen LogP contribution in [-0.4, -0.2) is 54.3 Å². The summed E-state index contributed by atoms with van der Waals surface area (Å²) in [7, 11) is 0. The van der Waals surface area contributed by atoms with Crippen molar-refractivity contribution >= 4 is 23.4 Å². The van der Waals surface area contributed by atoms with Crippen molar-refractivity contribution < 1.29 is 9.59 Å². The Kier molecular flexibility index (Phi) is 7.06. The molecule has 2 amide bonds. The standard InChI is InChI=1S/C22H26ClN3O2/c1-17-5-4-6-18(15-17)16-25-11-13-26(14-12-25)21(27)9-10-24-22(28)19-7-2-3-8-20(19)23/h2-8,15H,9-14,16H2,1H3,(H,24,28). The van der Waals surface area contributed by atoms with Gasteiger partial charge in [0.2, 0.25) is 5.91 Å². The summed E-state index contributed by atoms with van der Waals surface area (Å²) in [5.41, 5.74) is 3.01. The predicted molar refractivity (Wildman–Crippen MR) is 111 cm³/mol. The van der Waals surface area contributed by atoms with Gasteiger partial charge in [0.05, 0.1) is 10.6 Å². The molecule has 0 saturated carbocycles. The molecular formula is C22H26ClN3O2. The van der Waals surface area contributed by atoms with Crippen LogP contribution in [0.25, 0.3) is 0 Å². The first-order valence-electron chi connectivity index (χ1n) is 9.61. The third kappa shape index (κ3) is 5.57. The molecule has 148 valence electrons. The van der Waals surface area contributed by atoms with Crippen molar-refractivity contribution in [1.29, 1.82) is 0 Å². The van der Waals surface area contributed by atoms with E-state index in [9.17, 15) is 9.59 Å². The van der Waals surface area contributed by atoms with Crippen LogP contribution in [0.4, 0.5) is 0 Å². The number of nitrogens with zero attached hydrogens (tertiary/aromatic N) is 2. The van der Waals surface area contributed by atoms with Crippen molar-refractivity contribution in [3.63, 3.8) is 0 Å². The zero-order chi connectivity index (χ0) is 19.9. The molecule has 0 aliphatic carbocycles. The van der Waals surface area contributed by atoms with Gasteiger partial charge in [-0.3, -0.25) is 14.5 Å². The smallest absolute Gasteiger partial charge is 0.252 e. The van der Waals surface area contributed by atoms with Crippen molar-refractivity contribution in [2.24, 2.45) is 0 Å². The van der Waals surface area contributed by atoms with E-state index in [2.05, 4.69) is 41.4 Å². The molecule has 5 nitrogen and oxygen atoms in total. The first-order chi connectivity index (χ1) is 13.5. The number of carbonyl (C=O) groups is 2. The third-order valence-electron chi connectivity index (χ3n) is 4.96. The highest BCUT2D eigenvalue weighted by Crippen LogP contribution is 2.14. The summed E-state index contributed by atoms with van der Waals surface area (Å²) in [6, 6.07) is 15.4. The molecule has 1 heterocycles. The molecule has 1 fully saturated rings. The molecule has 2 aromatic rings. The molecule has 0 radical (unpaired) electrons. The van der Waals surface area contributed by atoms with Crippen molar-refractivity contribution in [1.82, 2.24) is 15.1 Å². The molecule has 0 atom stereocenters. The monoisotopic (exact) mass is 399 g/mol. The van der Waals surface area contributed by atoms with Gasteiger partial charge in [0.25, 0.3) is 5.91 Å². The summed E-state index contributed by atoms with van der Waals surface area (Å²) in [6.07, 6.45) is 0.300. The first-order valence-corrected chi connectivity index (χ1v) is 9.99. The Labute approximate surface area is 171 Å². The van der Waals surface area contributed by atoms with E-state index < -0.39 is 0 Å². The van der Waals surface area contributed by atoms with Gasteiger partial charge in [-0.05, 0) is 24.6 Å². The van der Waals surface area contributed by atoms with Crippen molar-refractivity contribution in [3.8, 4) is 0 Å². The number of halogens is 1. The number of aryl methyl sites for hydroxylation is 1. The molecule has 0 bridgehead atoms. The summed E-state index contributed by atoms with van der Waals surface area (Å²) in [5, 5.41) is 3.19. The maximum absolute atomic E-state index is 12.4. The summed E-state index contributed by atoms with van der Waals surface area (Å²) in [6.45, 7) is 6.51. The molecule has 6 heteroatoms. The lowest BCUT2D eigenvalue weighted by molar-refractivity contribution is -0.132. The van der Waals surface area contributed by atoms with Crippen LogP contribution in [0.5, 0.6) is 0 Å². The molecule has 2 aromatic carbocycles. The minimum absolute atomic E-state index is 0.0784. The Hall–Kier alpha value is -2.37. The number of hydrogen-bond donors (Lipinski definition) is 1. The number of hydrogen-bond acceptors (Lipinski definition) is 3. The fourth-order valence-corrected chi connectivity index (χ4v) is 3.63. The summed E-state index contributed by atoms with van der Waals surface area (Å²) in [5.74, 6) is -0.170. The number of amides is 2. The minimum atomic E-state index is -0.249. The maximum atomic E-state index is 12.4.